The molecule has 2 atom stereocenters. The first-order valence-corrected chi connectivity index (χ1v) is 10.5. The second kappa shape index (κ2) is 8.94. The SMILES string of the molecule is CC(=O)c1ccc(N(C)CC2C(C(=O)O)c3ccc(C#N)cc3N2C(=O)OC(C)(C)C)cc1. The van der Waals surface area contributed by atoms with E-state index in [-0.39, 0.29) is 12.3 Å². The third-order valence-corrected chi connectivity index (χ3v) is 5.50. The standard InChI is InChI=1S/C25H27N3O5/c1-15(29)17-7-9-18(10-8-17)27(5)14-21-22(23(30)31)19-11-6-16(13-26)12-20(19)28(21)24(32)33-25(2,3)4/h6-12,21-22H,14H2,1-5H3,(H,30,31). The fourth-order valence-corrected chi connectivity index (χ4v) is 3.99. The average molecular weight is 450 g/mol. The third kappa shape index (κ3) is 4.98. The highest BCUT2D eigenvalue weighted by Crippen LogP contribution is 2.43. The summed E-state index contributed by atoms with van der Waals surface area (Å²) in [6, 6.07) is 12.9. The number of likely N-dealkylation sites (N-methyl/N-ethyl adjacent to an activating group) is 1. The fourth-order valence-electron chi connectivity index (χ4n) is 3.99. The van der Waals surface area contributed by atoms with Crippen molar-refractivity contribution >= 4 is 29.2 Å². The van der Waals surface area contributed by atoms with Crippen LogP contribution in [0.15, 0.2) is 42.5 Å². The summed E-state index contributed by atoms with van der Waals surface area (Å²) in [4.78, 5) is 40.3. The van der Waals surface area contributed by atoms with Gasteiger partial charge in [0.2, 0.25) is 0 Å². The lowest BCUT2D eigenvalue weighted by Crippen LogP contribution is -2.49. The number of amides is 1. The van der Waals surface area contributed by atoms with E-state index in [1.807, 2.05) is 11.0 Å². The average Bonchev–Trinajstić information content (AvgIpc) is 3.05. The van der Waals surface area contributed by atoms with Crippen LogP contribution in [0.3, 0.4) is 0 Å². The smallest absolute Gasteiger partial charge is 0.415 e. The van der Waals surface area contributed by atoms with Crippen LogP contribution in [0.5, 0.6) is 0 Å². The molecule has 0 radical (unpaired) electrons. The van der Waals surface area contributed by atoms with Crippen molar-refractivity contribution in [2.45, 2.75) is 45.3 Å². The van der Waals surface area contributed by atoms with Gasteiger partial charge < -0.3 is 14.7 Å². The maximum absolute atomic E-state index is 13.2. The van der Waals surface area contributed by atoms with Crippen molar-refractivity contribution in [3.63, 3.8) is 0 Å². The van der Waals surface area contributed by atoms with Crippen LogP contribution in [-0.2, 0) is 9.53 Å². The van der Waals surface area contributed by atoms with Gasteiger partial charge in [0, 0.05) is 24.8 Å². The number of nitriles is 1. The number of rotatable bonds is 5. The molecule has 0 aliphatic carbocycles. The van der Waals surface area contributed by atoms with Gasteiger partial charge in [-0.05, 0) is 69.7 Å². The Labute approximate surface area is 193 Å². The van der Waals surface area contributed by atoms with E-state index in [0.29, 0.717) is 22.4 Å². The molecule has 33 heavy (non-hydrogen) atoms. The largest absolute Gasteiger partial charge is 0.481 e. The van der Waals surface area contributed by atoms with Crippen LogP contribution in [0.1, 0.15) is 55.1 Å². The van der Waals surface area contributed by atoms with Gasteiger partial charge in [-0.2, -0.15) is 5.26 Å². The molecule has 172 valence electrons. The number of carboxylic acids is 1. The number of carbonyl (C=O) groups excluding carboxylic acids is 2. The Kier molecular flexibility index (Phi) is 6.45. The lowest BCUT2D eigenvalue weighted by molar-refractivity contribution is -0.139. The Morgan fingerprint density at radius 3 is 2.30 bits per heavy atom. The van der Waals surface area contributed by atoms with Gasteiger partial charge >= 0.3 is 12.1 Å². The zero-order valence-corrected chi connectivity index (χ0v) is 19.3. The minimum absolute atomic E-state index is 0.0502. The highest BCUT2D eigenvalue weighted by Gasteiger charge is 2.47. The molecule has 0 saturated heterocycles. The van der Waals surface area contributed by atoms with E-state index in [2.05, 4.69) is 0 Å². The van der Waals surface area contributed by atoms with Crippen LogP contribution in [0.25, 0.3) is 0 Å². The van der Waals surface area contributed by atoms with Gasteiger partial charge in [0.1, 0.15) is 11.5 Å². The quantitative estimate of drug-likeness (QED) is 0.681. The molecular formula is C25H27N3O5. The molecule has 2 aromatic rings. The van der Waals surface area contributed by atoms with E-state index in [0.717, 1.165) is 5.69 Å². The molecule has 8 heteroatoms. The van der Waals surface area contributed by atoms with E-state index in [1.54, 1.807) is 64.2 Å². The van der Waals surface area contributed by atoms with Crippen molar-refractivity contribution in [3.05, 3.63) is 59.2 Å². The number of carboxylic acid groups (broad SMARTS) is 1. The van der Waals surface area contributed by atoms with Crippen molar-refractivity contribution in [1.82, 2.24) is 0 Å². The normalized spacial score (nSPS) is 17.2. The van der Waals surface area contributed by atoms with E-state index in [1.165, 1.54) is 17.9 Å². The zero-order chi connectivity index (χ0) is 24.5. The maximum atomic E-state index is 13.2. The molecule has 2 unspecified atom stereocenters. The highest BCUT2D eigenvalue weighted by molar-refractivity contribution is 5.97. The molecule has 0 saturated carbocycles. The fraction of sp³-hybridized carbons (Fsp3) is 0.360. The van der Waals surface area contributed by atoms with Crippen molar-refractivity contribution in [2.75, 3.05) is 23.4 Å². The predicted molar refractivity (Wildman–Crippen MR) is 124 cm³/mol. The first kappa shape index (κ1) is 23.8. The number of hydrogen-bond acceptors (Lipinski definition) is 6. The predicted octanol–water partition coefficient (Wildman–Crippen LogP) is 4.19. The molecule has 0 spiro atoms. The maximum Gasteiger partial charge on any atom is 0.415 e. The summed E-state index contributed by atoms with van der Waals surface area (Å²) in [5.41, 5.74) is 1.69. The summed E-state index contributed by atoms with van der Waals surface area (Å²) in [5.74, 6) is -2.12. The summed E-state index contributed by atoms with van der Waals surface area (Å²) < 4.78 is 5.59. The number of Topliss-reactive ketones (excluding diaryl/α,β-unsaturated/α-hetero) is 1. The number of hydrogen-bond donors (Lipinski definition) is 1. The summed E-state index contributed by atoms with van der Waals surface area (Å²) in [7, 11) is 1.79. The number of aliphatic carboxylic acids is 1. The Morgan fingerprint density at radius 2 is 1.79 bits per heavy atom. The number of nitrogens with zero attached hydrogens (tertiary/aromatic N) is 3. The molecule has 1 heterocycles. The van der Waals surface area contributed by atoms with Gasteiger partial charge in [-0.15, -0.1) is 0 Å². The Hall–Kier alpha value is -3.86. The molecule has 1 amide bonds. The molecule has 8 nitrogen and oxygen atoms in total. The van der Waals surface area contributed by atoms with Crippen molar-refractivity contribution in [1.29, 1.82) is 5.26 Å². The monoisotopic (exact) mass is 449 g/mol. The zero-order valence-electron chi connectivity index (χ0n) is 19.3. The van der Waals surface area contributed by atoms with Gasteiger partial charge in [0.25, 0.3) is 0 Å². The van der Waals surface area contributed by atoms with Crippen LogP contribution >= 0.6 is 0 Å². The molecule has 0 fully saturated rings. The summed E-state index contributed by atoms with van der Waals surface area (Å²) in [6.07, 6.45) is -0.673. The molecule has 1 aliphatic heterocycles. The van der Waals surface area contributed by atoms with E-state index < -0.39 is 29.6 Å². The molecule has 1 aliphatic rings. The second-order valence-corrected chi connectivity index (χ2v) is 9.10. The Morgan fingerprint density at radius 1 is 1.15 bits per heavy atom. The lowest BCUT2D eigenvalue weighted by Gasteiger charge is -2.33. The van der Waals surface area contributed by atoms with Crippen molar-refractivity contribution in [2.24, 2.45) is 0 Å². The first-order chi connectivity index (χ1) is 15.4. The molecular weight excluding hydrogens is 422 g/mol. The topological polar surface area (TPSA) is 111 Å². The summed E-state index contributed by atoms with van der Waals surface area (Å²) in [5, 5.41) is 19.4. The molecule has 0 aromatic heterocycles. The Bertz CT molecular complexity index is 1130. The van der Waals surface area contributed by atoms with E-state index in [9.17, 15) is 24.8 Å². The minimum atomic E-state index is -1.07. The van der Waals surface area contributed by atoms with Gasteiger partial charge in [0.15, 0.2) is 5.78 Å². The number of ether oxygens (including phenoxy) is 1. The van der Waals surface area contributed by atoms with Crippen molar-refractivity contribution in [3.8, 4) is 6.07 Å². The van der Waals surface area contributed by atoms with Gasteiger partial charge in [-0.3, -0.25) is 14.5 Å². The molecule has 1 N–H and O–H groups in total. The number of fused-ring (bicyclic) bond motifs is 1. The minimum Gasteiger partial charge on any atom is -0.481 e. The number of benzene rings is 2. The Balaban J connectivity index is 2.03. The van der Waals surface area contributed by atoms with Crippen LogP contribution in [0.4, 0.5) is 16.2 Å². The van der Waals surface area contributed by atoms with Crippen molar-refractivity contribution < 1.29 is 24.2 Å². The second-order valence-electron chi connectivity index (χ2n) is 9.10. The van der Waals surface area contributed by atoms with E-state index in [4.69, 9.17) is 4.74 Å². The number of anilines is 2. The highest BCUT2D eigenvalue weighted by atomic mass is 16.6. The summed E-state index contributed by atoms with van der Waals surface area (Å²) in [6.45, 7) is 6.88. The number of ketones is 1. The van der Waals surface area contributed by atoms with Gasteiger partial charge in [0.05, 0.1) is 23.4 Å². The van der Waals surface area contributed by atoms with Crippen LogP contribution in [0.2, 0.25) is 0 Å². The summed E-state index contributed by atoms with van der Waals surface area (Å²) >= 11 is 0. The molecule has 0 bridgehead atoms. The van der Waals surface area contributed by atoms with Gasteiger partial charge in [-0.25, -0.2) is 4.79 Å². The third-order valence-electron chi connectivity index (χ3n) is 5.50. The number of carbonyl (C=O) groups is 3. The van der Waals surface area contributed by atoms with Crippen LogP contribution in [-0.4, -0.2) is 48.2 Å². The van der Waals surface area contributed by atoms with Crippen LogP contribution in [0, 0.1) is 11.3 Å². The lowest BCUT2D eigenvalue weighted by atomic mass is 9.94. The molecule has 3 rings (SSSR count). The van der Waals surface area contributed by atoms with Gasteiger partial charge in [-0.1, -0.05) is 6.07 Å². The van der Waals surface area contributed by atoms with E-state index >= 15 is 0 Å². The first-order valence-electron chi connectivity index (χ1n) is 10.5. The van der Waals surface area contributed by atoms with Crippen LogP contribution < -0.4 is 9.80 Å². The molecule has 2 aromatic carbocycles.